The van der Waals surface area contributed by atoms with E-state index in [1.54, 1.807) is 24.3 Å². The van der Waals surface area contributed by atoms with Crippen LogP contribution in [0.5, 0.6) is 5.75 Å². The molecule has 10 nitrogen and oxygen atoms in total. The molecule has 0 saturated carbocycles. The molecule has 1 aromatic heterocycles. The number of nitrogens with one attached hydrogen (secondary N) is 1. The van der Waals surface area contributed by atoms with E-state index in [0.717, 1.165) is 11.8 Å². The van der Waals surface area contributed by atoms with Crippen LogP contribution in [0.2, 0.25) is 0 Å². The van der Waals surface area contributed by atoms with Crippen molar-refractivity contribution in [2.24, 2.45) is 11.5 Å². The first-order valence-electron chi connectivity index (χ1n) is 10.9. The van der Waals surface area contributed by atoms with Crippen LogP contribution in [0.4, 0.5) is 14.5 Å². The van der Waals surface area contributed by atoms with Crippen LogP contribution in [-0.2, 0) is 4.79 Å². The lowest BCUT2D eigenvalue weighted by Crippen LogP contribution is -2.23. The fourth-order valence-electron chi connectivity index (χ4n) is 3.52. The number of hydrogen-bond acceptors (Lipinski definition) is 7. The number of para-hydroxylation sites is 1. The third kappa shape index (κ3) is 5.95. The molecule has 0 aliphatic carbocycles. The smallest absolute Gasteiger partial charge is 0.387 e. The highest BCUT2D eigenvalue weighted by molar-refractivity contribution is 7.99. The third-order valence-corrected chi connectivity index (χ3v) is 6.12. The summed E-state index contributed by atoms with van der Waals surface area (Å²) in [5.41, 5.74) is 10.9. The highest BCUT2D eigenvalue weighted by atomic mass is 32.2. The summed E-state index contributed by atoms with van der Waals surface area (Å²) < 4.78 is 30.7. The number of carbonyl (C=O) groups excluding carboxylic acids is 3. The number of fused-ring (bicyclic) bond motifs is 1. The van der Waals surface area contributed by atoms with Gasteiger partial charge in [-0.25, -0.2) is 4.98 Å². The minimum atomic E-state index is -3.00. The Labute approximate surface area is 217 Å². The van der Waals surface area contributed by atoms with Crippen molar-refractivity contribution in [3.8, 4) is 11.4 Å². The second-order valence-electron chi connectivity index (χ2n) is 7.79. The number of primary amides is 2. The van der Waals surface area contributed by atoms with Gasteiger partial charge >= 0.3 is 6.61 Å². The zero-order valence-corrected chi connectivity index (χ0v) is 20.2. The molecule has 194 valence electrons. The number of carbonyl (C=O) groups is 3. The van der Waals surface area contributed by atoms with Crippen molar-refractivity contribution in [1.29, 1.82) is 0 Å². The molecule has 1 heterocycles. The third-order valence-electron chi connectivity index (χ3n) is 5.18. The first-order valence-corrected chi connectivity index (χ1v) is 11.9. The van der Waals surface area contributed by atoms with Gasteiger partial charge in [0.05, 0.1) is 22.3 Å². The molecule has 0 aliphatic heterocycles. The van der Waals surface area contributed by atoms with E-state index in [-0.39, 0.29) is 33.5 Å². The van der Waals surface area contributed by atoms with Crippen LogP contribution in [-0.4, -0.2) is 39.6 Å². The minimum absolute atomic E-state index is 0.0199. The second kappa shape index (κ2) is 11.1. The highest BCUT2D eigenvalue weighted by Gasteiger charge is 2.16. The number of halogens is 2. The second-order valence-corrected chi connectivity index (χ2v) is 8.73. The van der Waals surface area contributed by atoms with E-state index in [9.17, 15) is 28.0 Å². The predicted molar refractivity (Wildman–Crippen MR) is 137 cm³/mol. The monoisotopic (exact) mass is 539 g/mol. The van der Waals surface area contributed by atoms with E-state index in [1.165, 1.54) is 47.0 Å². The van der Waals surface area contributed by atoms with E-state index in [2.05, 4.69) is 15.0 Å². The summed E-state index contributed by atoms with van der Waals surface area (Å²) in [6.07, 6.45) is 0. The van der Waals surface area contributed by atoms with Gasteiger partial charge in [0, 0.05) is 16.8 Å². The number of nitrogens with zero attached hydrogens (tertiary/aromatic N) is 2. The summed E-state index contributed by atoms with van der Waals surface area (Å²) >= 11 is 0.939. The van der Waals surface area contributed by atoms with E-state index in [0.29, 0.717) is 16.6 Å². The van der Waals surface area contributed by atoms with E-state index < -0.39 is 29.9 Å². The molecule has 38 heavy (non-hydrogen) atoms. The van der Waals surface area contributed by atoms with Crippen LogP contribution in [0.25, 0.3) is 16.6 Å². The number of nitrogens with two attached hydrogens (primary N) is 2. The molecule has 0 radical (unpaired) electrons. The van der Waals surface area contributed by atoms with Gasteiger partial charge in [0.2, 0.25) is 17.7 Å². The first kappa shape index (κ1) is 26.3. The Morgan fingerprint density at radius 1 is 0.974 bits per heavy atom. The quantitative estimate of drug-likeness (QED) is 0.218. The van der Waals surface area contributed by atoms with Gasteiger partial charge < -0.3 is 21.5 Å². The molecule has 5 N–H and O–H groups in total. The molecule has 0 fully saturated rings. The number of alkyl halides is 2. The van der Waals surface area contributed by atoms with Crippen LogP contribution >= 0.6 is 11.8 Å². The maximum Gasteiger partial charge on any atom is 0.387 e. The standard InChI is InChI=1S/C25H19F2N5O5S/c26-24(27)37-17-7-5-16(6-8-17)32-23(36)18-3-1-2-4-19(18)31-25(32)38-12-20(33)30-15-10-13(21(28)34)9-14(11-15)22(29)35/h1-11,24H,12H2,(H2,28,34)(H2,29,35)(H,30,33). The Hall–Kier alpha value is -4.78. The molecule has 0 spiro atoms. The molecule has 4 aromatic rings. The van der Waals surface area contributed by atoms with E-state index >= 15 is 0 Å². The van der Waals surface area contributed by atoms with Gasteiger partial charge in [-0.3, -0.25) is 23.7 Å². The summed E-state index contributed by atoms with van der Waals surface area (Å²) in [6, 6.07) is 15.8. The zero-order valence-electron chi connectivity index (χ0n) is 19.4. The summed E-state index contributed by atoms with van der Waals surface area (Å²) in [4.78, 5) is 53.7. The lowest BCUT2D eigenvalue weighted by Gasteiger charge is -2.14. The van der Waals surface area contributed by atoms with Gasteiger partial charge in [-0.2, -0.15) is 8.78 Å². The van der Waals surface area contributed by atoms with Crippen LogP contribution in [0.15, 0.2) is 76.7 Å². The van der Waals surface area contributed by atoms with Gasteiger partial charge in [0.25, 0.3) is 5.56 Å². The minimum Gasteiger partial charge on any atom is -0.435 e. The van der Waals surface area contributed by atoms with Gasteiger partial charge in [0.15, 0.2) is 5.16 Å². The van der Waals surface area contributed by atoms with Crippen LogP contribution in [0.1, 0.15) is 20.7 Å². The lowest BCUT2D eigenvalue weighted by molar-refractivity contribution is -0.113. The number of aromatic nitrogens is 2. The maximum absolute atomic E-state index is 13.3. The number of anilines is 1. The van der Waals surface area contributed by atoms with Crippen molar-refractivity contribution >= 4 is 46.1 Å². The van der Waals surface area contributed by atoms with Gasteiger partial charge in [0.1, 0.15) is 5.75 Å². The molecule has 0 unspecified atom stereocenters. The van der Waals surface area contributed by atoms with Crippen molar-refractivity contribution in [2.45, 2.75) is 11.8 Å². The Bertz CT molecular complexity index is 1580. The number of hydrogen-bond donors (Lipinski definition) is 3. The lowest BCUT2D eigenvalue weighted by atomic mass is 10.1. The summed E-state index contributed by atoms with van der Waals surface area (Å²) in [5.74, 6) is -2.47. The molecule has 0 bridgehead atoms. The first-order chi connectivity index (χ1) is 18.1. The fraction of sp³-hybridized carbons (Fsp3) is 0.0800. The summed E-state index contributed by atoms with van der Waals surface area (Å²) in [7, 11) is 0. The molecule has 3 aromatic carbocycles. The fourth-order valence-corrected chi connectivity index (χ4v) is 4.34. The molecule has 0 aliphatic rings. The zero-order chi connectivity index (χ0) is 27.4. The predicted octanol–water partition coefficient (Wildman–Crippen LogP) is 2.92. The number of benzene rings is 3. The Balaban J connectivity index is 1.63. The Morgan fingerprint density at radius 2 is 1.61 bits per heavy atom. The highest BCUT2D eigenvalue weighted by Crippen LogP contribution is 2.24. The van der Waals surface area contributed by atoms with Crippen molar-refractivity contribution in [2.75, 3.05) is 11.1 Å². The molecule has 3 amide bonds. The summed E-state index contributed by atoms with van der Waals surface area (Å²) in [5, 5.41) is 3.04. The van der Waals surface area contributed by atoms with Crippen molar-refractivity contribution in [1.82, 2.24) is 9.55 Å². The average Bonchev–Trinajstić information content (AvgIpc) is 2.87. The molecular weight excluding hydrogens is 520 g/mol. The molecule has 0 saturated heterocycles. The summed E-state index contributed by atoms with van der Waals surface area (Å²) in [6.45, 7) is -3.00. The van der Waals surface area contributed by atoms with Crippen molar-refractivity contribution in [3.63, 3.8) is 0 Å². The largest absolute Gasteiger partial charge is 0.435 e. The maximum atomic E-state index is 13.3. The van der Waals surface area contributed by atoms with Gasteiger partial charge in [-0.15, -0.1) is 0 Å². The Morgan fingerprint density at radius 3 is 2.21 bits per heavy atom. The molecule has 4 rings (SSSR count). The van der Waals surface area contributed by atoms with Crippen molar-refractivity contribution < 1.29 is 27.9 Å². The normalized spacial score (nSPS) is 10.9. The van der Waals surface area contributed by atoms with E-state index in [1.807, 2.05) is 0 Å². The molecular formula is C25H19F2N5O5S. The number of thioether (sulfide) groups is 1. The number of rotatable bonds is 9. The van der Waals surface area contributed by atoms with Crippen LogP contribution in [0.3, 0.4) is 0 Å². The number of ether oxygens (including phenoxy) is 1. The average molecular weight is 540 g/mol. The van der Waals surface area contributed by atoms with E-state index in [4.69, 9.17) is 11.5 Å². The van der Waals surface area contributed by atoms with Crippen molar-refractivity contribution in [3.05, 3.63) is 88.2 Å². The van der Waals surface area contributed by atoms with Crippen LogP contribution < -0.4 is 27.1 Å². The van der Waals surface area contributed by atoms with Gasteiger partial charge in [-0.1, -0.05) is 23.9 Å². The SMILES string of the molecule is NC(=O)c1cc(NC(=O)CSc2nc3ccccc3c(=O)n2-c2ccc(OC(F)F)cc2)cc(C(N)=O)c1. The topological polar surface area (TPSA) is 159 Å². The Kier molecular flexibility index (Phi) is 7.67. The van der Waals surface area contributed by atoms with Gasteiger partial charge in [-0.05, 0) is 54.6 Å². The van der Waals surface area contributed by atoms with Crippen LogP contribution in [0, 0.1) is 0 Å². The number of amides is 3. The molecule has 0 atom stereocenters. The molecule has 13 heteroatoms.